The van der Waals surface area contributed by atoms with Crippen molar-refractivity contribution in [1.82, 2.24) is 4.90 Å². The maximum atomic E-state index is 13.2. The van der Waals surface area contributed by atoms with Crippen molar-refractivity contribution in [3.8, 4) is 17.2 Å². The summed E-state index contributed by atoms with van der Waals surface area (Å²) < 4.78 is 17.2. The van der Waals surface area contributed by atoms with E-state index in [2.05, 4.69) is 13.8 Å². The average Bonchev–Trinajstić information content (AvgIpc) is 2.57. The minimum atomic E-state index is 0.0321. The molecule has 2 rings (SSSR count). The van der Waals surface area contributed by atoms with Gasteiger partial charge in [0.2, 0.25) is 5.75 Å². The predicted octanol–water partition coefficient (Wildman–Crippen LogP) is 4.29. The van der Waals surface area contributed by atoms with E-state index in [9.17, 15) is 4.79 Å². The maximum absolute atomic E-state index is 13.2. The van der Waals surface area contributed by atoms with Crippen molar-refractivity contribution in [2.45, 2.75) is 66.0 Å². The van der Waals surface area contributed by atoms with Gasteiger partial charge in [0.05, 0.1) is 19.8 Å². The summed E-state index contributed by atoms with van der Waals surface area (Å²) in [6.07, 6.45) is 3.26. The van der Waals surface area contributed by atoms with Gasteiger partial charge in [-0.05, 0) is 66.0 Å². The van der Waals surface area contributed by atoms with Crippen molar-refractivity contribution >= 4 is 5.91 Å². The van der Waals surface area contributed by atoms with Crippen LogP contribution in [0, 0.1) is 0 Å². The second kappa shape index (κ2) is 8.97. The molecule has 0 bridgehead atoms. The molecule has 1 fully saturated rings. The van der Waals surface area contributed by atoms with Crippen LogP contribution in [0.15, 0.2) is 12.1 Å². The fourth-order valence-electron chi connectivity index (χ4n) is 3.48. The lowest BCUT2D eigenvalue weighted by molar-refractivity contribution is 0.0509. The minimum Gasteiger partial charge on any atom is -0.490 e. The molecule has 1 aromatic carbocycles. The lowest BCUT2D eigenvalue weighted by Crippen LogP contribution is -2.47. The van der Waals surface area contributed by atoms with Gasteiger partial charge in [-0.1, -0.05) is 0 Å². The van der Waals surface area contributed by atoms with Crippen LogP contribution in [0.2, 0.25) is 0 Å². The highest BCUT2D eigenvalue weighted by molar-refractivity contribution is 5.96. The molecular formula is C20H31NO4. The highest BCUT2D eigenvalue weighted by Gasteiger charge is 2.31. The molecular weight excluding hydrogens is 318 g/mol. The van der Waals surface area contributed by atoms with Crippen molar-refractivity contribution in [2.75, 3.05) is 19.8 Å². The Kier molecular flexibility index (Phi) is 6.97. The number of benzene rings is 1. The van der Waals surface area contributed by atoms with Gasteiger partial charge in [0.25, 0.3) is 5.91 Å². The quantitative estimate of drug-likeness (QED) is 0.737. The van der Waals surface area contributed by atoms with Gasteiger partial charge < -0.3 is 19.1 Å². The minimum absolute atomic E-state index is 0.0321. The van der Waals surface area contributed by atoms with Crippen molar-refractivity contribution in [3.05, 3.63) is 17.7 Å². The smallest absolute Gasteiger partial charge is 0.254 e. The zero-order valence-corrected chi connectivity index (χ0v) is 16.1. The molecule has 0 aliphatic carbocycles. The molecule has 1 aliphatic rings. The van der Waals surface area contributed by atoms with Crippen molar-refractivity contribution < 1.29 is 19.0 Å². The molecule has 0 unspecified atom stereocenters. The van der Waals surface area contributed by atoms with Crippen LogP contribution in [0.5, 0.6) is 17.2 Å². The van der Waals surface area contributed by atoms with E-state index >= 15 is 0 Å². The van der Waals surface area contributed by atoms with Crippen LogP contribution in [0.25, 0.3) is 0 Å². The van der Waals surface area contributed by atoms with Gasteiger partial charge in [-0.3, -0.25) is 4.79 Å². The highest BCUT2D eigenvalue weighted by atomic mass is 16.5. The van der Waals surface area contributed by atoms with Crippen LogP contribution < -0.4 is 14.2 Å². The zero-order valence-electron chi connectivity index (χ0n) is 16.1. The Morgan fingerprint density at radius 2 is 1.44 bits per heavy atom. The Bertz CT molecular complexity index is 550. The van der Waals surface area contributed by atoms with Gasteiger partial charge in [0, 0.05) is 17.6 Å². The van der Waals surface area contributed by atoms with Crippen LogP contribution in [-0.2, 0) is 0 Å². The van der Waals surface area contributed by atoms with Gasteiger partial charge in [0.15, 0.2) is 11.5 Å². The number of likely N-dealkylation sites (tertiary alicyclic amines) is 1. The summed E-state index contributed by atoms with van der Waals surface area (Å²) in [4.78, 5) is 15.2. The van der Waals surface area contributed by atoms with E-state index in [4.69, 9.17) is 14.2 Å². The molecule has 1 saturated heterocycles. The second-order valence-corrected chi connectivity index (χ2v) is 6.44. The molecule has 1 heterocycles. The molecule has 1 aliphatic heterocycles. The normalized spacial score (nSPS) is 20.3. The molecule has 0 spiro atoms. The van der Waals surface area contributed by atoms with Crippen molar-refractivity contribution in [2.24, 2.45) is 0 Å². The molecule has 0 saturated carbocycles. The van der Waals surface area contributed by atoms with Crippen LogP contribution >= 0.6 is 0 Å². The summed E-state index contributed by atoms with van der Waals surface area (Å²) in [6.45, 7) is 11.5. The number of hydrogen-bond donors (Lipinski definition) is 0. The third kappa shape index (κ3) is 4.39. The molecule has 140 valence electrons. The third-order valence-corrected chi connectivity index (χ3v) is 4.58. The number of rotatable bonds is 7. The fraction of sp³-hybridized carbons (Fsp3) is 0.650. The van der Waals surface area contributed by atoms with Crippen LogP contribution in [-0.4, -0.2) is 42.7 Å². The van der Waals surface area contributed by atoms with Gasteiger partial charge >= 0.3 is 0 Å². The molecule has 0 radical (unpaired) electrons. The lowest BCUT2D eigenvalue weighted by atomic mass is 9.96. The Morgan fingerprint density at radius 1 is 0.960 bits per heavy atom. The van der Waals surface area contributed by atoms with E-state index in [-0.39, 0.29) is 18.0 Å². The molecule has 1 amide bonds. The molecule has 5 nitrogen and oxygen atoms in total. The summed E-state index contributed by atoms with van der Waals surface area (Å²) in [7, 11) is 0. The SMILES string of the molecule is CCOc1cc(C(=O)N2[C@@H](C)CCC[C@@H]2C)cc(OCC)c1OCC. The number of ether oxygens (including phenoxy) is 3. The van der Waals surface area contributed by atoms with Crippen molar-refractivity contribution in [1.29, 1.82) is 0 Å². The predicted molar refractivity (Wildman–Crippen MR) is 98.9 cm³/mol. The van der Waals surface area contributed by atoms with E-state index in [1.807, 2.05) is 25.7 Å². The first-order valence-electron chi connectivity index (χ1n) is 9.42. The zero-order chi connectivity index (χ0) is 18.4. The summed E-state index contributed by atoms with van der Waals surface area (Å²) in [5.74, 6) is 1.74. The Balaban J connectivity index is 2.43. The fourth-order valence-corrected chi connectivity index (χ4v) is 3.48. The average molecular weight is 349 g/mol. The standard InChI is InChI=1S/C20H31NO4/c1-6-23-17-12-16(13-18(24-7-2)19(17)25-8-3)20(22)21-14(4)10-9-11-15(21)5/h12-15H,6-11H2,1-5H3/t14-,15-/m0/s1. The monoisotopic (exact) mass is 349 g/mol. The maximum Gasteiger partial charge on any atom is 0.254 e. The summed E-state index contributed by atoms with van der Waals surface area (Å²) in [5.41, 5.74) is 0.593. The third-order valence-electron chi connectivity index (χ3n) is 4.58. The van der Waals surface area contributed by atoms with E-state index in [1.165, 1.54) is 6.42 Å². The molecule has 0 aromatic heterocycles. The first-order valence-corrected chi connectivity index (χ1v) is 9.42. The van der Waals surface area contributed by atoms with Crippen LogP contribution in [0.4, 0.5) is 0 Å². The van der Waals surface area contributed by atoms with Gasteiger partial charge in [-0.2, -0.15) is 0 Å². The van der Waals surface area contributed by atoms with Crippen LogP contribution in [0.1, 0.15) is 64.2 Å². The van der Waals surface area contributed by atoms with Crippen LogP contribution in [0.3, 0.4) is 0 Å². The number of amides is 1. The first-order chi connectivity index (χ1) is 12.0. The molecule has 1 aromatic rings. The largest absolute Gasteiger partial charge is 0.490 e. The number of hydrogen-bond acceptors (Lipinski definition) is 4. The van der Waals surface area contributed by atoms with Gasteiger partial charge in [-0.25, -0.2) is 0 Å². The second-order valence-electron chi connectivity index (χ2n) is 6.44. The first kappa shape index (κ1) is 19.4. The molecule has 2 atom stereocenters. The van der Waals surface area contributed by atoms with E-state index in [0.29, 0.717) is 42.6 Å². The topological polar surface area (TPSA) is 48.0 Å². The van der Waals surface area contributed by atoms with E-state index in [0.717, 1.165) is 12.8 Å². The lowest BCUT2D eigenvalue weighted by Gasteiger charge is -2.39. The Morgan fingerprint density at radius 3 is 1.88 bits per heavy atom. The van der Waals surface area contributed by atoms with Gasteiger partial charge in [-0.15, -0.1) is 0 Å². The van der Waals surface area contributed by atoms with Crippen molar-refractivity contribution in [3.63, 3.8) is 0 Å². The number of carbonyl (C=O) groups is 1. The molecule has 0 N–H and O–H groups in total. The van der Waals surface area contributed by atoms with E-state index in [1.54, 1.807) is 12.1 Å². The van der Waals surface area contributed by atoms with Gasteiger partial charge in [0.1, 0.15) is 0 Å². The summed E-state index contributed by atoms with van der Waals surface area (Å²) in [5, 5.41) is 0. The summed E-state index contributed by atoms with van der Waals surface area (Å²) in [6, 6.07) is 4.06. The number of nitrogens with zero attached hydrogens (tertiary/aromatic N) is 1. The number of carbonyl (C=O) groups excluding carboxylic acids is 1. The van der Waals surface area contributed by atoms with E-state index < -0.39 is 0 Å². The Hall–Kier alpha value is -1.91. The summed E-state index contributed by atoms with van der Waals surface area (Å²) >= 11 is 0. The highest BCUT2D eigenvalue weighted by Crippen LogP contribution is 2.40. The molecule has 5 heteroatoms. The molecule has 25 heavy (non-hydrogen) atoms. The Labute approximate surface area is 151 Å². The number of piperidine rings is 1.